The molecule has 2 aliphatic carbocycles. The van der Waals surface area contributed by atoms with Gasteiger partial charge in [-0.15, -0.1) is 0 Å². The second-order valence-electron chi connectivity index (χ2n) is 5.16. The third-order valence-electron chi connectivity index (χ3n) is 4.22. The molecular formula is C13H16N2O4. The van der Waals surface area contributed by atoms with Crippen molar-refractivity contribution in [3.8, 4) is 0 Å². The van der Waals surface area contributed by atoms with Gasteiger partial charge in [-0.1, -0.05) is 12.2 Å². The number of fused-ring (bicyclic) bond motifs is 5. The number of carbonyl (C=O) groups excluding carboxylic acids is 3. The smallest absolute Gasteiger partial charge is 0.408 e. The molecular weight excluding hydrogens is 248 g/mol. The molecule has 0 radical (unpaired) electrons. The Morgan fingerprint density at radius 3 is 2.42 bits per heavy atom. The summed E-state index contributed by atoms with van der Waals surface area (Å²) in [7, 11) is 0. The average molecular weight is 264 g/mol. The van der Waals surface area contributed by atoms with Gasteiger partial charge in [-0.2, -0.15) is 0 Å². The Morgan fingerprint density at radius 1 is 1.32 bits per heavy atom. The molecule has 1 saturated heterocycles. The van der Waals surface area contributed by atoms with Gasteiger partial charge in [0, 0.05) is 0 Å². The number of nitrogens with zero attached hydrogens (tertiary/aromatic N) is 1. The molecule has 2 bridgehead atoms. The minimum Gasteiger partial charge on any atom is -0.450 e. The molecule has 3 aliphatic rings. The van der Waals surface area contributed by atoms with Crippen LogP contribution in [0.4, 0.5) is 4.79 Å². The number of carbonyl (C=O) groups is 3. The van der Waals surface area contributed by atoms with Gasteiger partial charge in [-0.05, 0) is 25.2 Å². The van der Waals surface area contributed by atoms with E-state index in [9.17, 15) is 14.4 Å². The zero-order valence-corrected chi connectivity index (χ0v) is 10.7. The SMILES string of the molecule is CCOC(=O)NCN1C(=O)[C@@H]2[C@@H](C1=O)[C@H]1C=C[C@H]2C1. The molecule has 0 spiro atoms. The van der Waals surface area contributed by atoms with E-state index >= 15 is 0 Å². The van der Waals surface area contributed by atoms with Gasteiger partial charge in [-0.25, -0.2) is 4.79 Å². The van der Waals surface area contributed by atoms with Crippen LogP contribution in [0.5, 0.6) is 0 Å². The minimum atomic E-state index is -0.610. The highest BCUT2D eigenvalue weighted by molar-refractivity contribution is 6.06. The van der Waals surface area contributed by atoms with E-state index in [1.165, 1.54) is 0 Å². The highest BCUT2D eigenvalue weighted by Gasteiger charge is 2.59. The molecule has 0 unspecified atom stereocenters. The van der Waals surface area contributed by atoms with E-state index in [1.807, 2.05) is 12.2 Å². The number of imide groups is 1. The summed E-state index contributed by atoms with van der Waals surface area (Å²) < 4.78 is 4.71. The minimum absolute atomic E-state index is 0.0943. The van der Waals surface area contributed by atoms with E-state index in [4.69, 9.17) is 4.74 Å². The third kappa shape index (κ3) is 1.74. The quantitative estimate of drug-likeness (QED) is 0.595. The van der Waals surface area contributed by atoms with E-state index in [2.05, 4.69) is 5.32 Å². The van der Waals surface area contributed by atoms with E-state index in [-0.39, 0.29) is 48.8 Å². The van der Waals surface area contributed by atoms with Crippen LogP contribution in [-0.2, 0) is 14.3 Å². The first-order valence-corrected chi connectivity index (χ1v) is 6.57. The molecule has 3 amide bonds. The summed E-state index contributed by atoms with van der Waals surface area (Å²) in [4.78, 5) is 36.8. The number of hydrogen-bond donors (Lipinski definition) is 1. The van der Waals surface area contributed by atoms with Crippen molar-refractivity contribution >= 4 is 17.9 Å². The second kappa shape index (κ2) is 4.36. The molecule has 0 aromatic heterocycles. The first-order chi connectivity index (χ1) is 9.13. The summed E-state index contributed by atoms with van der Waals surface area (Å²) in [6, 6.07) is 0. The third-order valence-corrected chi connectivity index (χ3v) is 4.22. The number of rotatable bonds is 3. The normalized spacial score (nSPS) is 34.9. The summed E-state index contributed by atoms with van der Waals surface area (Å²) in [5.74, 6) is -0.372. The zero-order valence-electron chi connectivity index (χ0n) is 10.7. The first-order valence-electron chi connectivity index (χ1n) is 6.57. The van der Waals surface area contributed by atoms with Crippen LogP contribution in [0.2, 0.25) is 0 Å². The van der Waals surface area contributed by atoms with Crippen molar-refractivity contribution in [1.82, 2.24) is 10.2 Å². The highest BCUT2D eigenvalue weighted by Crippen LogP contribution is 2.52. The van der Waals surface area contributed by atoms with Gasteiger partial charge in [0.2, 0.25) is 11.8 Å². The highest BCUT2D eigenvalue weighted by atomic mass is 16.5. The molecule has 6 nitrogen and oxygen atoms in total. The van der Waals surface area contributed by atoms with Crippen molar-refractivity contribution < 1.29 is 19.1 Å². The maximum atomic E-state index is 12.2. The van der Waals surface area contributed by atoms with Crippen LogP contribution >= 0.6 is 0 Å². The number of allylic oxidation sites excluding steroid dienone is 2. The lowest BCUT2D eigenvalue weighted by molar-refractivity contribution is -0.140. The van der Waals surface area contributed by atoms with Crippen molar-refractivity contribution in [2.75, 3.05) is 13.3 Å². The fraction of sp³-hybridized carbons (Fsp3) is 0.615. The van der Waals surface area contributed by atoms with Crippen molar-refractivity contribution in [3.63, 3.8) is 0 Å². The van der Waals surface area contributed by atoms with Crippen molar-refractivity contribution in [1.29, 1.82) is 0 Å². The maximum Gasteiger partial charge on any atom is 0.408 e. The Balaban J connectivity index is 1.67. The predicted octanol–water partition coefficient (Wildman–Crippen LogP) is 0.497. The number of ether oxygens (including phenoxy) is 1. The van der Waals surface area contributed by atoms with Crippen molar-refractivity contribution in [3.05, 3.63) is 12.2 Å². The largest absolute Gasteiger partial charge is 0.450 e. The van der Waals surface area contributed by atoms with Gasteiger partial charge in [0.1, 0.15) is 6.67 Å². The molecule has 1 saturated carbocycles. The van der Waals surface area contributed by atoms with Gasteiger partial charge in [0.05, 0.1) is 18.4 Å². The molecule has 102 valence electrons. The van der Waals surface area contributed by atoms with Gasteiger partial charge in [0.25, 0.3) is 0 Å². The van der Waals surface area contributed by atoms with Crippen molar-refractivity contribution in [2.24, 2.45) is 23.7 Å². The predicted molar refractivity (Wildman–Crippen MR) is 64.6 cm³/mol. The average Bonchev–Trinajstić information content (AvgIpc) is 3.03. The molecule has 0 aromatic rings. The molecule has 1 heterocycles. The lowest BCUT2D eigenvalue weighted by Gasteiger charge is -2.17. The summed E-state index contributed by atoms with van der Waals surface area (Å²) in [6.07, 6.45) is 4.38. The van der Waals surface area contributed by atoms with Gasteiger partial charge >= 0.3 is 6.09 Å². The van der Waals surface area contributed by atoms with Gasteiger partial charge < -0.3 is 10.1 Å². The molecule has 0 aromatic carbocycles. The van der Waals surface area contributed by atoms with E-state index in [0.29, 0.717) is 0 Å². The Bertz CT molecular complexity index is 443. The van der Waals surface area contributed by atoms with Crippen LogP contribution in [0.15, 0.2) is 12.2 Å². The molecule has 1 N–H and O–H groups in total. The van der Waals surface area contributed by atoms with Crippen LogP contribution in [-0.4, -0.2) is 36.1 Å². The van der Waals surface area contributed by atoms with Gasteiger partial charge in [0.15, 0.2) is 0 Å². The van der Waals surface area contributed by atoms with Crippen LogP contribution in [0.25, 0.3) is 0 Å². The molecule has 6 heteroatoms. The topological polar surface area (TPSA) is 75.7 Å². The number of alkyl carbamates (subject to hydrolysis) is 1. The fourth-order valence-electron chi connectivity index (χ4n) is 3.45. The zero-order chi connectivity index (χ0) is 13.6. The number of hydrogen-bond acceptors (Lipinski definition) is 4. The Labute approximate surface area is 110 Å². The van der Waals surface area contributed by atoms with Crippen LogP contribution in [0.3, 0.4) is 0 Å². The summed E-state index contributed by atoms with van der Waals surface area (Å²) in [6.45, 7) is 1.86. The van der Waals surface area contributed by atoms with Crippen LogP contribution < -0.4 is 5.32 Å². The standard InChI is InChI=1S/C13H16N2O4/c1-2-19-13(18)14-6-15-11(16)9-7-3-4-8(5-7)10(9)12(15)17/h3-4,7-10H,2,5-6H2,1H3,(H,14,18)/t7-,8-,9-,10-/m0/s1. The molecule has 3 rings (SSSR count). The van der Waals surface area contributed by atoms with E-state index < -0.39 is 6.09 Å². The Hall–Kier alpha value is -1.85. The second-order valence-corrected chi connectivity index (χ2v) is 5.16. The number of likely N-dealkylation sites (tertiary alicyclic amines) is 1. The number of amides is 3. The lowest BCUT2D eigenvalue weighted by atomic mass is 9.85. The molecule has 19 heavy (non-hydrogen) atoms. The van der Waals surface area contributed by atoms with E-state index in [0.717, 1.165) is 11.3 Å². The lowest BCUT2D eigenvalue weighted by Crippen LogP contribution is -2.42. The van der Waals surface area contributed by atoms with Gasteiger partial charge in [-0.3, -0.25) is 14.5 Å². The number of nitrogens with one attached hydrogen (secondary N) is 1. The summed E-state index contributed by atoms with van der Waals surface area (Å²) in [5, 5.41) is 2.43. The molecule has 1 aliphatic heterocycles. The summed E-state index contributed by atoms with van der Waals surface area (Å²) in [5.41, 5.74) is 0. The molecule has 2 fully saturated rings. The van der Waals surface area contributed by atoms with E-state index in [1.54, 1.807) is 6.92 Å². The Morgan fingerprint density at radius 2 is 1.89 bits per heavy atom. The Kier molecular flexibility index (Phi) is 2.80. The molecule has 4 atom stereocenters. The first kappa shape index (κ1) is 12.2. The maximum absolute atomic E-state index is 12.2. The fourth-order valence-corrected chi connectivity index (χ4v) is 3.45. The monoisotopic (exact) mass is 264 g/mol. The van der Waals surface area contributed by atoms with Crippen LogP contribution in [0, 0.1) is 23.7 Å². The summed E-state index contributed by atoms with van der Waals surface area (Å²) >= 11 is 0. The van der Waals surface area contributed by atoms with Crippen LogP contribution in [0.1, 0.15) is 13.3 Å². The van der Waals surface area contributed by atoms with Crippen molar-refractivity contribution in [2.45, 2.75) is 13.3 Å².